The van der Waals surface area contributed by atoms with Crippen LogP contribution in [-0.2, 0) is 0 Å². The Kier molecular flexibility index (Phi) is 6.55. The summed E-state index contributed by atoms with van der Waals surface area (Å²) in [4.78, 5) is 2.39. The fourth-order valence-electron chi connectivity index (χ4n) is 8.18. The maximum atomic E-state index is 6.89. The van der Waals surface area contributed by atoms with E-state index in [1.165, 1.54) is 21.7 Å². The van der Waals surface area contributed by atoms with Gasteiger partial charge in [0.05, 0.1) is 16.8 Å². The summed E-state index contributed by atoms with van der Waals surface area (Å²) >= 11 is 0. The van der Waals surface area contributed by atoms with E-state index in [0.717, 1.165) is 83.0 Å². The van der Waals surface area contributed by atoms with E-state index in [9.17, 15) is 0 Å². The minimum absolute atomic E-state index is 0.850. The lowest BCUT2D eigenvalue weighted by Crippen LogP contribution is -2.11. The number of hydrogen-bond acceptors (Lipinski definition) is 3. The molecule has 2 aromatic heterocycles. The third-order valence-corrected chi connectivity index (χ3v) is 10.6. The van der Waals surface area contributed by atoms with Gasteiger partial charge in [-0.15, -0.1) is 0 Å². The van der Waals surface area contributed by atoms with E-state index < -0.39 is 0 Å². The topological polar surface area (TPSA) is 29.5 Å². The molecule has 0 saturated heterocycles. The van der Waals surface area contributed by atoms with E-state index in [-0.39, 0.29) is 0 Å². The highest BCUT2D eigenvalue weighted by Gasteiger charge is 2.24. The van der Waals surface area contributed by atoms with Gasteiger partial charge in [-0.25, -0.2) is 0 Å². The van der Waals surface area contributed by atoms with Crippen LogP contribution in [0.25, 0.3) is 87.7 Å². The lowest BCUT2D eigenvalue weighted by Gasteiger charge is -2.29. The zero-order valence-electron chi connectivity index (χ0n) is 28.7. The van der Waals surface area contributed by atoms with E-state index in [1.54, 1.807) is 0 Å². The SMILES string of the molecule is c1cc(-c2ccc3ccccc3c2)cc(N(c2ccccc2-c2cccc3c2oc2c4ccccc4ccc32)c2cccc3oc4ccccc4c23)c1. The maximum absolute atomic E-state index is 6.89. The van der Waals surface area contributed by atoms with Gasteiger partial charge in [-0.3, -0.25) is 0 Å². The number of benzene rings is 9. The molecular formula is C50H31NO2. The van der Waals surface area contributed by atoms with Gasteiger partial charge >= 0.3 is 0 Å². The summed E-state index contributed by atoms with van der Waals surface area (Å²) < 4.78 is 13.3. The van der Waals surface area contributed by atoms with Crippen molar-refractivity contribution in [3.05, 3.63) is 188 Å². The van der Waals surface area contributed by atoms with Crippen molar-refractivity contribution in [1.29, 1.82) is 0 Å². The molecule has 2 heterocycles. The van der Waals surface area contributed by atoms with Gasteiger partial charge < -0.3 is 13.7 Å². The summed E-state index contributed by atoms with van der Waals surface area (Å²) in [5.74, 6) is 0. The molecule has 0 aliphatic rings. The van der Waals surface area contributed by atoms with Crippen LogP contribution in [0.5, 0.6) is 0 Å². The molecule has 0 amide bonds. The second kappa shape index (κ2) is 11.7. The molecule has 248 valence electrons. The summed E-state index contributed by atoms with van der Waals surface area (Å²) in [7, 11) is 0. The van der Waals surface area contributed by atoms with Crippen LogP contribution < -0.4 is 4.90 Å². The molecule has 0 aliphatic heterocycles. The quantitative estimate of drug-likeness (QED) is 0.182. The molecule has 0 N–H and O–H groups in total. The predicted octanol–water partition coefficient (Wildman–Crippen LogP) is 14.6. The molecule has 0 radical (unpaired) electrons. The van der Waals surface area contributed by atoms with Crippen LogP contribution in [-0.4, -0.2) is 0 Å². The van der Waals surface area contributed by atoms with Crippen molar-refractivity contribution in [3.8, 4) is 22.3 Å². The molecule has 0 spiro atoms. The summed E-state index contributed by atoms with van der Waals surface area (Å²) in [5, 5.41) is 9.11. The van der Waals surface area contributed by atoms with Crippen LogP contribution in [0.1, 0.15) is 0 Å². The second-order valence-corrected chi connectivity index (χ2v) is 13.7. The van der Waals surface area contributed by atoms with Crippen LogP contribution in [0.3, 0.4) is 0 Å². The monoisotopic (exact) mass is 677 g/mol. The number of anilines is 3. The number of furan rings is 2. The van der Waals surface area contributed by atoms with Crippen molar-refractivity contribution < 1.29 is 8.83 Å². The molecule has 0 atom stereocenters. The van der Waals surface area contributed by atoms with E-state index in [2.05, 4.69) is 181 Å². The number of para-hydroxylation sites is 3. The highest BCUT2D eigenvalue weighted by Crippen LogP contribution is 2.48. The Labute approximate surface area is 305 Å². The molecule has 11 aromatic rings. The third kappa shape index (κ3) is 4.68. The van der Waals surface area contributed by atoms with E-state index in [4.69, 9.17) is 8.83 Å². The largest absolute Gasteiger partial charge is 0.456 e. The smallest absolute Gasteiger partial charge is 0.143 e. The average Bonchev–Trinajstić information content (AvgIpc) is 3.81. The number of rotatable bonds is 5. The van der Waals surface area contributed by atoms with Gasteiger partial charge in [-0.05, 0) is 75.8 Å². The lowest BCUT2D eigenvalue weighted by molar-refractivity contribution is 0.669. The Balaban J connectivity index is 1.18. The van der Waals surface area contributed by atoms with Crippen molar-refractivity contribution in [1.82, 2.24) is 0 Å². The van der Waals surface area contributed by atoms with Crippen molar-refractivity contribution in [3.63, 3.8) is 0 Å². The molecule has 0 saturated carbocycles. The van der Waals surface area contributed by atoms with E-state index in [1.807, 2.05) is 12.1 Å². The Morgan fingerprint density at radius 1 is 0.340 bits per heavy atom. The number of fused-ring (bicyclic) bond motifs is 9. The highest BCUT2D eigenvalue weighted by atomic mass is 16.3. The first-order valence-corrected chi connectivity index (χ1v) is 18.0. The lowest BCUT2D eigenvalue weighted by atomic mass is 9.97. The standard InChI is InChI=1S/C50H31NO2/c1-2-14-34-30-36(27-26-32(34)12-1)35-15-9-16-37(31-35)51(45-23-11-25-47-48(45)43-19-6-8-24-46(43)52-47)44-22-7-5-18-39(44)40-20-10-21-41-42-29-28-33-13-3-4-17-38(33)49(42)53-50(40)41/h1-31H. The molecule has 0 aliphatic carbocycles. The van der Waals surface area contributed by atoms with Gasteiger partial charge in [0, 0.05) is 38.4 Å². The van der Waals surface area contributed by atoms with Crippen LogP contribution in [0.2, 0.25) is 0 Å². The Hall–Kier alpha value is -7.10. The summed E-state index contributed by atoms with van der Waals surface area (Å²) in [6.07, 6.45) is 0. The van der Waals surface area contributed by atoms with E-state index >= 15 is 0 Å². The molecule has 53 heavy (non-hydrogen) atoms. The third-order valence-electron chi connectivity index (χ3n) is 10.6. The van der Waals surface area contributed by atoms with Gasteiger partial charge in [-0.1, -0.05) is 140 Å². The van der Waals surface area contributed by atoms with E-state index in [0.29, 0.717) is 0 Å². The van der Waals surface area contributed by atoms with Crippen LogP contribution in [0.15, 0.2) is 197 Å². The molecular weight excluding hydrogens is 647 g/mol. The van der Waals surface area contributed by atoms with Crippen molar-refractivity contribution in [2.45, 2.75) is 0 Å². The van der Waals surface area contributed by atoms with Gasteiger partial charge in [0.25, 0.3) is 0 Å². The minimum Gasteiger partial charge on any atom is -0.456 e. The zero-order chi connectivity index (χ0) is 34.9. The summed E-state index contributed by atoms with van der Waals surface area (Å²) in [6.45, 7) is 0. The molecule has 0 bridgehead atoms. The van der Waals surface area contributed by atoms with Gasteiger partial charge in [0.1, 0.15) is 22.3 Å². The van der Waals surface area contributed by atoms with Crippen LogP contribution in [0, 0.1) is 0 Å². The van der Waals surface area contributed by atoms with Gasteiger partial charge in [0.2, 0.25) is 0 Å². The first-order valence-electron chi connectivity index (χ1n) is 18.0. The second-order valence-electron chi connectivity index (χ2n) is 13.7. The Bertz CT molecular complexity index is 3200. The first kappa shape index (κ1) is 29.6. The minimum atomic E-state index is 0.850. The fourth-order valence-corrected chi connectivity index (χ4v) is 8.18. The van der Waals surface area contributed by atoms with Crippen molar-refractivity contribution in [2.24, 2.45) is 0 Å². The number of hydrogen-bond donors (Lipinski definition) is 0. The molecule has 3 nitrogen and oxygen atoms in total. The maximum Gasteiger partial charge on any atom is 0.143 e. The molecule has 0 unspecified atom stereocenters. The van der Waals surface area contributed by atoms with Crippen LogP contribution in [0.4, 0.5) is 17.1 Å². The average molecular weight is 678 g/mol. The molecule has 9 aromatic carbocycles. The summed E-state index contributed by atoms with van der Waals surface area (Å²) in [6, 6.07) is 66.8. The van der Waals surface area contributed by atoms with Gasteiger partial charge in [0.15, 0.2) is 0 Å². The van der Waals surface area contributed by atoms with Gasteiger partial charge in [-0.2, -0.15) is 0 Å². The Morgan fingerprint density at radius 3 is 1.92 bits per heavy atom. The van der Waals surface area contributed by atoms with Crippen molar-refractivity contribution >= 4 is 82.5 Å². The molecule has 0 fully saturated rings. The number of nitrogens with zero attached hydrogens (tertiary/aromatic N) is 1. The predicted molar refractivity (Wildman–Crippen MR) is 222 cm³/mol. The summed E-state index contributed by atoms with van der Waals surface area (Å²) in [5.41, 5.74) is 11.1. The first-order chi connectivity index (χ1) is 26.3. The normalized spacial score (nSPS) is 11.8. The molecule has 3 heteroatoms. The highest BCUT2D eigenvalue weighted by molar-refractivity contribution is 6.18. The Morgan fingerprint density at radius 2 is 0.981 bits per heavy atom. The zero-order valence-corrected chi connectivity index (χ0v) is 28.7. The van der Waals surface area contributed by atoms with Crippen LogP contribution >= 0.6 is 0 Å². The fraction of sp³-hybridized carbons (Fsp3) is 0. The molecule has 11 rings (SSSR count). The van der Waals surface area contributed by atoms with Crippen molar-refractivity contribution in [2.75, 3.05) is 4.90 Å².